The van der Waals surface area contributed by atoms with Gasteiger partial charge in [0.05, 0.1) is 25.4 Å². The zero-order valence-corrected chi connectivity index (χ0v) is 16.7. The molecule has 0 N–H and O–H groups in total. The van der Waals surface area contributed by atoms with Crippen molar-refractivity contribution in [3.8, 4) is 0 Å². The van der Waals surface area contributed by atoms with Crippen LogP contribution in [0.3, 0.4) is 0 Å². The van der Waals surface area contributed by atoms with Crippen LogP contribution in [0.25, 0.3) is 0 Å². The summed E-state index contributed by atoms with van der Waals surface area (Å²) in [6, 6.07) is 9.66. The molecule has 8 nitrogen and oxygen atoms in total. The molecule has 3 aromatic rings. The van der Waals surface area contributed by atoms with Crippen molar-refractivity contribution in [3.05, 3.63) is 47.7 Å². The van der Waals surface area contributed by atoms with Gasteiger partial charge in [0.2, 0.25) is 17.7 Å². The molecule has 0 amide bonds. The zero-order chi connectivity index (χ0) is 21.0. The van der Waals surface area contributed by atoms with Gasteiger partial charge in [-0.05, 0) is 5.56 Å². The number of halogens is 3. The molecule has 160 valence electrons. The molecular formula is C18H19F3N6O2S. The predicted octanol–water partition coefficient (Wildman–Crippen LogP) is 2.94. The number of morpholine rings is 1. The second kappa shape index (κ2) is 9.04. The van der Waals surface area contributed by atoms with E-state index in [1.807, 2.05) is 30.3 Å². The average molecular weight is 440 g/mol. The summed E-state index contributed by atoms with van der Waals surface area (Å²) in [5.74, 6) is 1.15. The standard InChI is InChI=1S/C18H19F3N6O2S/c19-18(20,21)12-27-16(26-6-8-28-9-7-26)24-25-17(27)30-11-15-23-22-14(29-15)10-13-4-2-1-3-5-13/h1-5H,6-12H2. The van der Waals surface area contributed by atoms with Gasteiger partial charge in [0.15, 0.2) is 5.16 Å². The molecule has 30 heavy (non-hydrogen) atoms. The topological polar surface area (TPSA) is 82.1 Å². The van der Waals surface area contributed by atoms with Gasteiger partial charge in [0.25, 0.3) is 0 Å². The first-order chi connectivity index (χ1) is 14.5. The summed E-state index contributed by atoms with van der Waals surface area (Å²) in [6.45, 7) is 0.638. The van der Waals surface area contributed by atoms with Crippen LogP contribution in [0.15, 0.2) is 39.9 Å². The highest BCUT2D eigenvalue weighted by Crippen LogP contribution is 2.29. The fraction of sp³-hybridized carbons (Fsp3) is 0.444. The van der Waals surface area contributed by atoms with Crippen molar-refractivity contribution in [1.82, 2.24) is 25.0 Å². The molecule has 2 aromatic heterocycles. The molecule has 0 saturated carbocycles. The van der Waals surface area contributed by atoms with Crippen LogP contribution in [-0.4, -0.2) is 57.4 Å². The van der Waals surface area contributed by atoms with Gasteiger partial charge >= 0.3 is 6.18 Å². The Morgan fingerprint density at radius 1 is 0.967 bits per heavy atom. The number of hydrogen-bond donors (Lipinski definition) is 0. The smallest absolute Gasteiger partial charge is 0.406 e. The van der Waals surface area contributed by atoms with E-state index in [-0.39, 0.29) is 16.9 Å². The molecule has 0 bridgehead atoms. The van der Waals surface area contributed by atoms with Crippen LogP contribution in [0.1, 0.15) is 17.3 Å². The highest BCUT2D eigenvalue weighted by Gasteiger charge is 2.33. The fourth-order valence-electron chi connectivity index (χ4n) is 3.02. The molecule has 3 heterocycles. The van der Waals surface area contributed by atoms with Crippen molar-refractivity contribution in [2.75, 3.05) is 31.2 Å². The van der Waals surface area contributed by atoms with E-state index < -0.39 is 12.7 Å². The number of anilines is 1. The molecular weight excluding hydrogens is 421 g/mol. The van der Waals surface area contributed by atoms with E-state index in [0.717, 1.165) is 21.9 Å². The lowest BCUT2D eigenvalue weighted by Crippen LogP contribution is -2.38. The Bertz CT molecular complexity index is 956. The minimum absolute atomic E-state index is 0.150. The summed E-state index contributed by atoms with van der Waals surface area (Å²) < 4.78 is 51.4. The molecule has 1 fully saturated rings. The molecule has 4 rings (SSSR count). The second-order valence-electron chi connectivity index (χ2n) is 6.62. The molecule has 1 saturated heterocycles. The van der Waals surface area contributed by atoms with Gasteiger partial charge in [-0.3, -0.25) is 4.57 Å². The Morgan fingerprint density at radius 2 is 1.70 bits per heavy atom. The Balaban J connectivity index is 1.45. The third-order valence-electron chi connectivity index (χ3n) is 4.36. The van der Waals surface area contributed by atoms with Gasteiger partial charge in [-0.25, -0.2) is 0 Å². The molecule has 0 radical (unpaired) electrons. The Labute approximate surface area is 174 Å². The summed E-state index contributed by atoms with van der Waals surface area (Å²) >= 11 is 1.08. The second-order valence-corrected chi connectivity index (χ2v) is 7.57. The van der Waals surface area contributed by atoms with Crippen molar-refractivity contribution < 1.29 is 22.3 Å². The molecule has 1 aromatic carbocycles. The first kappa shape index (κ1) is 20.7. The highest BCUT2D eigenvalue weighted by atomic mass is 32.2. The third-order valence-corrected chi connectivity index (χ3v) is 5.31. The van der Waals surface area contributed by atoms with Crippen molar-refractivity contribution in [3.63, 3.8) is 0 Å². The summed E-state index contributed by atoms with van der Waals surface area (Å²) in [6.07, 6.45) is -3.91. The fourth-order valence-corrected chi connectivity index (χ4v) is 3.79. The van der Waals surface area contributed by atoms with E-state index in [0.29, 0.717) is 44.5 Å². The number of alkyl halides is 3. The number of nitrogens with zero attached hydrogens (tertiary/aromatic N) is 6. The molecule has 0 atom stereocenters. The third kappa shape index (κ3) is 5.30. The van der Waals surface area contributed by atoms with Crippen LogP contribution in [0, 0.1) is 0 Å². The first-order valence-corrected chi connectivity index (χ1v) is 10.3. The van der Waals surface area contributed by atoms with Crippen molar-refractivity contribution in [2.45, 2.75) is 30.1 Å². The minimum Gasteiger partial charge on any atom is -0.424 e. The van der Waals surface area contributed by atoms with Gasteiger partial charge in [-0.1, -0.05) is 42.1 Å². The maximum atomic E-state index is 13.1. The number of rotatable bonds is 7. The van der Waals surface area contributed by atoms with Crippen LogP contribution in [0.4, 0.5) is 19.1 Å². The summed E-state index contributed by atoms with van der Waals surface area (Å²) in [4.78, 5) is 1.75. The van der Waals surface area contributed by atoms with E-state index in [2.05, 4.69) is 20.4 Å². The predicted molar refractivity (Wildman–Crippen MR) is 102 cm³/mol. The molecule has 0 spiro atoms. The summed E-state index contributed by atoms with van der Waals surface area (Å²) in [5, 5.41) is 16.1. The Hall–Kier alpha value is -2.60. The summed E-state index contributed by atoms with van der Waals surface area (Å²) in [7, 11) is 0. The lowest BCUT2D eigenvalue weighted by atomic mass is 10.2. The summed E-state index contributed by atoms with van der Waals surface area (Å²) in [5.41, 5.74) is 1.03. The Kier molecular flexibility index (Phi) is 6.23. The average Bonchev–Trinajstić information content (AvgIpc) is 3.33. The number of hydrogen-bond acceptors (Lipinski definition) is 8. The van der Waals surface area contributed by atoms with Gasteiger partial charge in [0.1, 0.15) is 6.54 Å². The van der Waals surface area contributed by atoms with Crippen LogP contribution < -0.4 is 4.90 Å². The number of benzene rings is 1. The van der Waals surface area contributed by atoms with Gasteiger partial charge in [-0.2, -0.15) is 13.2 Å². The first-order valence-electron chi connectivity index (χ1n) is 9.28. The minimum atomic E-state index is -4.40. The molecule has 1 aliphatic heterocycles. The lowest BCUT2D eigenvalue weighted by Gasteiger charge is -2.28. The zero-order valence-electron chi connectivity index (χ0n) is 15.9. The van der Waals surface area contributed by atoms with Gasteiger partial charge in [0, 0.05) is 13.1 Å². The maximum Gasteiger partial charge on any atom is 0.406 e. The van der Waals surface area contributed by atoms with E-state index >= 15 is 0 Å². The molecule has 0 unspecified atom stereocenters. The van der Waals surface area contributed by atoms with Crippen LogP contribution in [0.5, 0.6) is 0 Å². The Morgan fingerprint density at radius 3 is 2.43 bits per heavy atom. The van der Waals surface area contributed by atoms with Crippen LogP contribution in [0.2, 0.25) is 0 Å². The van der Waals surface area contributed by atoms with Gasteiger partial charge < -0.3 is 14.1 Å². The van der Waals surface area contributed by atoms with Gasteiger partial charge in [-0.15, -0.1) is 20.4 Å². The monoisotopic (exact) mass is 440 g/mol. The van der Waals surface area contributed by atoms with Crippen LogP contribution in [-0.2, 0) is 23.5 Å². The van der Waals surface area contributed by atoms with E-state index in [1.54, 1.807) is 4.90 Å². The largest absolute Gasteiger partial charge is 0.424 e. The SMILES string of the molecule is FC(F)(F)Cn1c(SCc2nnc(Cc3ccccc3)o2)nnc1N1CCOCC1. The van der Waals surface area contributed by atoms with Crippen LogP contribution >= 0.6 is 11.8 Å². The maximum absolute atomic E-state index is 13.1. The highest BCUT2D eigenvalue weighted by molar-refractivity contribution is 7.98. The van der Waals surface area contributed by atoms with Crippen molar-refractivity contribution in [2.24, 2.45) is 0 Å². The quantitative estimate of drug-likeness (QED) is 0.519. The van der Waals surface area contributed by atoms with E-state index in [4.69, 9.17) is 9.15 Å². The molecule has 12 heteroatoms. The normalized spacial score (nSPS) is 15.0. The van der Waals surface area contributed by atoms with E-state index in [1.165, 1.54) is 0 Å². The van der Waals surface area contributed by atoms with Crippen molar-refractivity contribution >= 4 is 17.7 Å². The molecule has 1 aliphatic rings. The molecule has 0 aliphatic carbocycles. The van der Waals surface area contributed by atoms with E-state index in [9.17, 15) is 13.2 Å². The lowest BCUT2D eigenvalue weighted by molar-refractivity contribution is -0.141. The number of ether oxygens (including phenoxy) is 1. The number of aromatic nitrogens is 5. The number of thioether (sulfide) groups is 1. The van der Waals surface area contributed by atoms with Crippen molar-refractivity contribution in [1.29, 1.82) is 0 Å².